The third kappa shape index (κ3) is 4.54. The normalized spacial score (nSPS) is 15.0. The monoisotopic (exact) mass is 516 g/mol. The molecule has 6 rings (SSSR count). The molecule has 1 aliphatic carbocycles. The molecule has 0 atom stereocenters. The second kappa shape index (κ2) is 10.3. The van der Waals surface area contributed by atoms with E-state index in [4.69, 9.17) is 5.10 Å². The summed E-state index contributed by atoms with van der Waals surface area (Å²) >= 11 is 1.76. The SMILES string of the molecule is C=C/C(=C\C(=C/C)c1ccc2[nH]nc(-c3cc4c(-c5cccs5)cccc4[nH]3)c2c1)NC(=C)C1CCCC1. The van der Waals surface area contributed by atoms with Crippen molar-refractivity contribution in [3.8, 4) is 21.8 Å². The fraction of sp³-hybridized carbons (Fsp3) is 0.182. The molecular formula is C33H32N4S. The van der Waals surface area contributed by atoms with Crippen LogP contribution in [0.4, 0.5) is 0 Å². The highest BCUT2D eigenvalue weighted by Gasteiger charge is 2.18. The summed E-state index contributed by atoms with van der Waals surface area (Å²) in [5.74, 6) is 0.550. The molecule has 3 N–H and O–H groups in total. The second-order valence-electron chi connectivity index (χ2n) is 9.94. The molecule has 1 fully saturated rings. The Balaban J connectivity index is 1.35. The van der Waals surface area contributed by atoms with Crippen molar-refractivity contribution in [2.45, 2.75) is 32.6 Å². The first-order valence-electron chi connectivity index (χ1n) is 13.3. The van der Waals surface area contributed by atoms with Crippen LogP contribution in [-0.2, 0) is 0 Å². The van der Waals surface area contributed by atoms with E-state index in [0.29, 0.717) is 5.92 Å². The zero-order valence-electron chi connectivity index (χ0n) is 21.7. The van der Waals surface area contributed by atoms with Gasteiger partial charge >= 0.3 is 0 Å². The van der Waals surface area contributed by atoms with Crippen LogP contribution in [0.1, 0.15) is 38.2 Å². The lowest BCUT2D eigenvalue weighted by Gasteiger charge is -2.17. The van der Waals surface area contributed by atoms with Crippen LogP contribution in [0.15, 0.2) is 103 Å². The Labute approximate surface area is 227 Å². The minimum atomic E-state index is 0.550. The fourth-order valence-electron chi connectivity index (χ4n) is 5.54. The summed E-state index contributed by atoms with van der Waals surface area (Å²) in [6.07, 6.45) is 11.2. The number of hydrogen-bond acceptors (Lipinski definition) is 3. The summed E-state index contributed by atoms with van der Waals surface area (Å²) < 4.78 is 0. The number of rotatable bonds is 8. The fourth-order valence-corrected chi connectivity index (χ4v) is 6.30. The van der Waals surface area contributed by atoms with Gasteiger partial charge in [0.2, 0.25) is 0 Å². The highest BCUT2D eigenvalue weighted by Crippen LogP contribution is 2.36. The molecule has 5 aromatic rings. The van der Waals surface area contributed by atoms with E-state index in [-0.39, 0.29) is 0 Å². The first-order valence-corrected chi connectivity index (χ1v) is 14.1. The lowest BCUT2D eigenvalue weighted by atomic mass is 10.0. The summed E-state index contributed by atoms with van der Waals surface area (Å²) in [4.78, 5) is 4.87. The van der Waals surface area contributed by atoms with Crippen LogP contribution >= 0.6 is 11.3 Å². The lowest BCUT2D eigenvalue weighted by molar-refractivity contribution is 0.607. The zero-order chi connectivity index (χ0) is 26.1. The smallest absolute Gasteiger partial charge is 0.116 e. The Morgan fingerprint density at radius 3 is 2.68 bits per heavy atom. The van der Waals surface area contributed by atoms with Crippen molar-refractivity contribution >= 4 is 38.7 Å². The molecule has 3 heterocycles. The topological polar surface area (TPSA) is 56.5 Å². The van der Waals surface area contributed by atoms with E-state index in [1.54, 1.807) is 11.3 Å². The lowest BCUT2D eigenvalue weighted by Crippen LogP contribution is -2.16. The van der Waals surface area contributed by atoms with Gasteiger partial charge in [0, 0.05) is 38.1 Å². The number of aromatic nitrogens is 3. The number of benzene rings is 2. The van der Waals surface area contributed by atoms with E-state index in [1.165, 1.54) is 41.5 Å². The van der Waals surface area contributed by atoms with Crippen LogP contribution in [0.5, 0.6) is 0 Å². The maximum Gasteiger partial charge on any atom is 0.116 e. The number of nitrogens with one attached hydrogen (secondary N) is 3. The van der Waals surface area contributed by atoms with Crippen molar-refractivity contribution in [2.75, 3.05) is 0 Å². The van der Waals surface area contributed by atoms with Crippen LogP contribution in [0.3, 0.4) is 0 Å². The molecule has 3 aromatic heterocycles. The van der Waals surface area contributed by atoms with Crippen molar-refractivity contribution in [1.82, 2.24) is 20.5 Å². The molecule has 0 radical (unpaired) electrons. The van der Waals surface area contributed by atoms with E-state index < -0.39 is 0 Å². The molecule has 38 heavy (non-hydrogen) atoms. The predicted octanol–water partition coefficient (Wildman–Crippen LogP) is 9.21. The zero-order valence-corrected chi connectivity index (χ0v) is 22.5. The highest BCUT2D eigenvalue weighted by atomic mass is 32.1. The van der Waals surface area contributed by atoms with Crippen LogP contribution in [0.2, 0.25) is 0 Å². The average molecular weight is 517 g/mol. The van der Waals surface area contributed by atoms with Crippen LogP contribution in [0, 0.1) is 5.92 Å². The van der Waals surface area contributed by atoms with Gasteiger partial charge in [0.05, 0.1) is 11.2 Å². The maximum atomic E-state index is 4.71. The second-order valence-corrected chi connectivity index (χ2v) is 10.9. The highest BCUT2D eigenvalue weighted by molar-refractivity contribution is 7.13. The molecule has 0 aliphatic heterocycles. The Morgan fingerprint density at radius 2 is 1.92 bits per heavy atom. The van der Waals surface area contributed by atoms with Crippen molar-refractivity contribution < 1.29 is 0 Å². The number of thiophene rings is 1. The summed E-state index contributed by atoms with van der Waals surface area (Å²) in [5, 5.41) is 15.9. The van der Waals surface area contributed by atoms with E-state index in [0.717, 1.165) is 50.3 Å². The molecular weight excluding hydrogens is 484 g/mol. The van der Waals surface area contributed by atoms with Crippen LogP contribution in [0.25, 0.3) is 49.2 Å². The molecule has 1 aliphatic rings. The maximum absolute atomic E-state index is 4.71. The third-order valence-electron chi connectivity index (χ3n) is 7.60. The van der Waals surface area contributed by atoms with Gasteiger partial charge in [0.15, 0.2) is 0 Å². The molecule has 4 nitrogen and oxygen atoms in total. The van der Waals surface area contributed by atoms with E-state index in [2.05, 4.69) is 108 Å². The largest absolute Gasteiger partial charge is 0.359 e. The van der Waals surface area contributed by atoms with Gasteiger partial charge in [-0.25, -0.2) is 0 Å². The molecule has 0 bridgehead atoms. The summed E-state index contributed by atoms with van der Waals surface area (Å²) in [7, 11) is 0. The minimum Gasteiger partial charge on any atom is -0.359 e. The van der Waals surface area contributed by atoms with Crippen LogP contribution in [-0.4, -0.2) is 15.2 Å². The Bertz CT molecular complexity index is 1690. The van der Waals surface area contributed by atoms with E-state index in [1.807, 2.05) is 6.08 Å². The van der Waals surface area contributed by atoms with Crippen molar-refractivity contribution in [2.24, 2.45) is 5.92 Å². The number of nitrogens with zero attached hydrogens (tertiary/aromatic N) is 1. The van der Waals surface area contributed by atoms with Gasteiger partial charge in [-0.15, -0.1) is 11.3 Å². The Kier molecular flexibility index (Phi) is 6.61. The Morgan fingerprint density at radius 1 is 1.05 bits per heavy atom. The van der Waals surface area contributed by atoms with Gasteiger partial charge in [-0.3, -0.25) is 5.10 Å². The number of allylic oxidation sites excluding steroid dienone is 5. The Hall–Kier alpha value is -4.09. The van der Waals surface area contributed by atoms with Gasteiger partial charge in [-0.2, -0.15) is 5.10 Å². The van der Waals surface area contributed by atoms with Gasteiger partial charge in [-0.1, -0.05) is 56.3 Å². The van der Waals surface area contributed by atoms with Crippen molar-refractivity contribution in [3.05, 3.63) is 108 Å². The van der Waals surface area contributed by atoms with Gasteiger partial charge in [-0.05, 0) is 84.7 Å². The number of fused-ring (bicyclic) bond motifs is 2. The summed E-state index contributed by atoms with van der Waals surface area (Å²) in [6.45, 7) is 10.4. The summed E-state index contributed by atoms with van der Waals surface area (Å²) in [5.41, 5.74) is 9.61. The average Bonchev–Trinajstić information content (AvgIpc) is 3.75. The van der Waals surface area contributed by atoms with E-state index in [9.17, 15) is 0 Å². The molecule has 190 valence electrons. The molecule has 1 saturated carbocycles. The quantitative estimate of drug-likeness (QED) is 0.180. The number of hydrogen-bond donors (Lipinski definition) is 3. The van der Waals surface area contributed by atoms with Gasteiger partial charge in [0.25, 0.3) is 0 Å². The first kappa shape index (κ1) is 24.3. The molecule has 0 amide bonds. The number of aromatic amines is 2. The first-order chi connectivity index (χ1) is 18.6. The third-order valence-corrected chi connectivity index (χ3v) is 8.50. The number of H-pyrrole nitrogens is 2. The van der Waals surface area contributed by atoms with Gasteiger partial charge in [0.1, 0.15) is 5.69 Å². The van der Waals surface area contributed by atoms with E-state index >= 15 is 0 Å². The molecule has 2 aromatic carbocycles. The van der Waals surface area contributed by atoms with Crippen molar-refractivity contribution in [1.29, 1.82) is 0 Å². The van der Waals surface area contributed by atoms with Crippen LogP contribution < -0.4 is 5.32 Å². The molecule has 0 spiro atoms. The standard InChI is InChI=1S/C33H32N4S/c1-4-22(18-25(5-2)34-21(3)23-10-6-7-11-23)24-15-16-30-28(19-24)33(37-36-30)31-20-27-26(32-14-9-17-38-32)12-8-13-29(27)35-31/h4-5,8-9,12-20,23,34-35H,2-3,6-7,10-11H2,1H3,(H,36,37)/b22-4+,25-18+. The predicted molar refractivity (Wildman–Crippen MR) is 163 cm³/mol. The summed E-state index contributed by atoms with van der Waals surface area (Å²) in [6, 6.07) is 19.4. The molecule has 5 heteroatoms. The van der Waals surface area contributed by atoms with Gasteiger partial charge < -0.3 is 10.3 Å². The molecule has 0 saturated heterocycles. The van der Waals surface area contributed by atoms with Crippen molar-refractivity contribution in [3.63, 3.8) is 0 Å². The molecule has 0 unspecified atom stereocenters. The minimum absolute atomic E-state index is 0.550.